The van der Waals surface area contributed by atoms with Crippen LogP contribution in [0.25, 0.3) is 0 Å². The zero-order valence-electron chi connectivity index (χ0n) is 15.2. The number of nitrogens with zero attached hydrogens (tertiary/aromatic N) is 2. The molecule has 0 aromatic carbocycles. The lowest BCUT2D eigenvalue weighted by atomic mass is 9.98. The van der Waals surface area contributed by atoms with E-state index in [1.807, 2.05) is 13.8 Å². The molecule has 1 aliphatic rings. The Labute approximate surface area is 162 Å². The summed E-state index contributed by atoms with van der Waals surface area (Å²) in [5.74, 6) is -0.0877. The number of carbonyl (C=O) groups is 2. The molecule has 0 saturated heterocycles. The molecule has 0 spiro atoms. The molecule has 0 saturated carbocycles. The Morgan fingerprint density at radius 1 is 1.27 bits per heavy atom. The highest BCUT2D eigenvalue weighted by molar-refractivity contribution is 7.10. The molecule has 26 heavy (non-hydrogen) atoms. The van der Waals surface area contributed by atoms with Crippen molar-refractivity contribution in [3.05, 3.63) is 44.3 Å². The number of likely N-dealkylation sites (N-methyl/N-ethyl adjacent to an activating group) is 2. The van der Waals surface area contributed by atoms with Crippen LogP contribution in [0, 0.1) is 0 Å². The van der Waals surface area contributed by atoms with Crippen molar-refractivity contribution < 1.29 is 9.59 Å². The summed E-state index contributed by atoms with van der Waals surface area (Å²) in [7, 11) is 0. The van der Waals surface area contributed by atoms with Crippen LogP contribution in [0.5, 0.6) is 0 Å². The highest BCUT2D eigenvalue weighted by Gasteiger charge is 2.32. The third-order valence-electron chi connectivity index (χ3n) is 4.66. The van der Waals surface area contributed by atoms with Gasteiger partial charge in [0.05, 0.1) is 19.1 Å². The lowest BCUT2D eigenvalue weighted by Crippen LogP contribution is -2.47. The topological polar surface area (TPSA) is 52.7 Å². The zero-order valence-corrected chi connectivity index (χ0v) is 16.9. The van der Waals surface area contributed by atoms with Gasteiger partial charge < -0.3 is 10.2 Å². The lowest BCUT2D eigenvalue weighted by Gasteiger charge is -2.36. The van der Waals surface area contributed by atoms with Crippen LogP contribution in [0.2, 0.25) is 0 Å². The molecule has 2 aromatic rings. The number of hydrogen-bond acceptors (Lipinski definition) is 5. The van der Waals surface area contributed by atoms with E-state index in [1.54, 1.807) is 27.6 Å². The maximum absolute atomic E-state index is 12.9. The summed E-state index contributed by atoms with van der Waals surface area (Å²) in [6, 6.07) is 6.53. The molecule has 2 aromatic heterocycles. The van der Waals surface area contributed by atoms with Gasteiger partial charge in [0, 0.05) is 29.4 Å². The fourth-order valence-electron chi connectivity index (χ4n) is 3.40. The van der Waals surface area contributed by atoms with Crippen molar-refractivity contribution >= 4 is 34.5 Å². The summed E-state index contributed by atoms with van der Waals surface area (Å²) in [5, 5.41) is 7.00. The first-order valence-corrected chi connectivity index (χ1v) is 10.8. The Morgan fingerprint density at radius 2 is 2.12 bits per heavy atom. The fourth-order valence-corrected chi connectivity index (χ4v) is 5.18. The van der Waals surface area contributed by atoms with Crippen LogP contribution in [0.3, 0.4) is 0 Å². The minimum absolute atomic E-state index is 0.0130. The third kappa shape index (κ3) is 4.16. The van der Waals surface area contributed by atoms with Crippen LogP contribution in [0.1, 0.15) is 35.2 Å². The Hall–Kier alpha value is -1.70. The van der Waals surface area contributed by atoms with Gasteiger partial charge in [-0.3, -0.25) is 14.5 Å². The van der Waals surface area contributed by atoms with Crippen LogP contribution in [0.4, 0.5) is 0 Å². The first-order valence-electron chi connectivity index (χ1n) is 9.02. The van der Waals surface area contributed by atoms with E-state index in [1.165, 1.54) is 15.3 Å². The molecule has 0 unspecified atom stereocenters. The molecule has 1 atom stereocenters. The monoisotopic (exact) mass is 391 g/mol. The number of fused-ring (bicyclic) bond motifs is 1. The number of thiophene rings is 2. The number of rotatable bonds is 7. The van der Waals surface area contributed by atoms with Gasteiger partial charge in [0.15, 0.2) is 0 Å². The van der Waals surface area contributed by atoms with Gasteiger partial charge in [0.2, 0.25) is 11.8 Å². The quantitative estimate of drug-likeness (QED) is 0.790. The smallest absolute Gasteiger partial charge is 0.239 e. The van der Waals surface area contributed by atoms with Gasteiger partial charge in [-0.2, -0.15) is 0 Å². The summed E-state index contributed by atoms with van der Waals surface area (Å²) in [6.45, 7) is 6.25. The first-order chi connectivity index (χ1) is 12.6. The number of carbonyl (C=O) groups excluding carboxylic acids is 2. The second kappa shape index (κ2) is 8.79. The fraction of sp³-hybridized carbons (Fsp3) is 0.474. The summed E-state index contributed by atoms with van der Waals surface area (Å²) < 4.78 is 0. The standard InChI is InChI=1S/C19H25N3O2S2/c1-3-20-17(23)12-21(4-2)18(24)13-22-9-7-15-14(8-11-26-15)19(22)16-6-5-10-25-16/h5-6,8,10-11,19H,3-4,7,9,12-13H2,1-2H3,(H,20,23)/t19-/m1/s1. The van der Waals surface area contributed by atoms with Gasteiger partial charge in [-0.1, -0.05) is 6.07 Å². The van der Waals surface area contributed by atoms with E-state index in [4.69, 9.17) is 0 Å². The Morgan fingerprint density at radius 3 is 2.81 bits per heavy atom. The van der Waals surface area contributed by atoms with E-state index >= 15 is 0 Å². The molecule has 3 heterocycles. The van der Waals surface area contributed by atoms with Crippen LogP contribution < -0.4 is 5.32 Å². The first kappa shape index (κ1) is 19.1. The molecule has 5 nitrogen and oxygen atoms in total. The molecule has 1 N–H and O–H groups in total. The van der Waals surface area contributed by atoms with E-state index in [0.717, 1.165) is 13.0 Å². The summed E-state index contributed by atoms with van der Waals surface area (Å²) >= 11 is 3.53. The minimum Gasteiger partial charge on any atom is -0.355 e. The maximum Gasteiger partial charge on any atom is 0.239 e. The number of amides is 2. The second-order valence-electron chi connectivity index (χ2n) is 6.30. The van der Waals surface area contributed by atoms with Crippen molar-refractivity contribution in [2.75, 3.05) is 32.7 Å². The average molecular weight is 392 g/mol. The van der Waals surface area contributed by atoms with Crippen molar-refractivity contribution in [2.45, 2.75) is 26.3 Å². The summed E-state index contributed by atoms with van der Waals surface area (Å²) in [5.41, 5.74) is 1.32. The predicted molar refractivity (Wildman–Crippen MR) is 107 cm³/mol. The molecule has 7 heteroatoms. The maximum atomic E-state index is 12.9. The summed E-state index contributed by atoms with van der Waals surface area (Å²) in [6.07, 6.45) is 0.977. The van der Waals surface area contributed by atoms with Crippen molar-refractivity contribution in [1.29, 1.82) is 0 Å². The molecule has 0 radical (unpaired) electrons. The van der Waals surface area contributed by atoms with E-state index < -0.39 is 0 Å². The largest absolute Gasteiger partial charge is 0.355 e. The predicted octanol–water partition coefficient (Wildman–Crippen LogP) is 2.74. The molecule has 0 fully saturated rings. The van der Waals surface area contributed by atoms with E-state index in [2.05, 4.69) is 39.2 Å². The second-order valence-corrected chi connectivity index (χ2v) is 8.28. The number of hydrogen-bond donors (Lipinski definition) is 1. The minimum atomic E-state index is -0.101. The molecule has 3 rings (SSSR count). The van der Waals surface area contributed by atoms with Crippen molar-refractivity contribution in [3.8, 4) is 0 Å². The van der Waals surface area contributed by atoms with Gasteiger partial charge in [-0.15, -0.1) is 22.7 Å². The highest BCUT2D eigenvalue weighted by atomic mass is 32.1. The van der Waals surface area contributed by atoms with E-state index in [0.29, 0.717) is 19.6 Å². The SMILES string of the molecule is CCNC(=O)CN(CC)C(=O)CN1CCc2sccc2[C@@H]1c1cccs1. The molecular formula is C19H25N3O2S2. The van der Waals surface area contributed by atoms with Gasteiger partial charge in [-0.25, -0.2) is 0 Å². The Bertz CT molecular complexity index is 742. The van der Waals surface area contributed by atoms with Crippen LogP contribution in [-0.4, -0.2) is 54.3 Å². The summed E-state index contributed by atoms with van der Waals surface area (Å²) in [4.78, 5) is 31.3. The van der Waals surface area contributed by atoms with Crippen molar-refractivity contribution in [3.63, 3.8) is 0 Å². The van der Waals surface area contributed by atoms with E-state index in [-0.39, 0.29) is 24.4 Å². The number of nitrogens with one attached hydrogen (secondary N) is 1. The van der Waals surface area contributed by atoms with Crippen LogP contribution in [0.15, 0.2) is 29.0 Å². The normalized spacial score (nSPS) is 16.9. The van der Waals surface area contributed by atoms with E-state index in [9.17, 15) is 9.59 Å². The lowest BCUT2D eigenvalue weighted by molar-refractivity contribution is -0.137. The average Bonchev–Trinajstić information content (AvgIpc) is 3.31. The molecule has 1 aliphatic heterocycles. The third-order valence-corrected chi connectivity index (χ3v) is 6.58. The van der Waals surface area contributed by atoms with Gasteiger partial charge in [0.1, 0.15) is 0 Å². The Balaban J connectivity index is 1.75. The van der Waals surface area contributed by atoms with Crippen molar-refractivity contribution in [2.24, 2.45) is 0 Å². The van der Waals surface area contributed by atoms with Gasteiger partial charge in [0.25, 0.3) is 0 Å². The zero-order chi connectivity index (χ0) is 18.5. The van der Waals surface area contributed by atoms with Crippen molar-refractivity contribution in [1.82, 2.24) is 15.1 Å². The van der Waals surface area contributed by atoms with Gasteiger partial charge in [-0.05, 0) is 48.7 Å². The molecule has 140 valence electrons. The molecule has 0 aliphatic carbocycles. The molecule has 2 amide bonds. The Kier molecular flexibility index (Phi) is 6.45. The highest BCUT2D eigenvalue weighted by Crippen LogP contribution is 2.39. The van der Waals surface area contributed by atoms with Crippen LogP contribution in [-0.2, 0) is 16.0 Å². The van der Waals surface area contributed by atoms with Gasteiger partial charge >= 0.3 is 0 Å². The molecule has 0 bridgehead atoms. The van der Waals surface area contributed by atoms with Crippen LogP contribution >= 0.6 is 22.7 Å². The molecular weight excluding hydrogens is 366 g/mol.